The fourth-order valence-electron chi connectivity index (χ4n) is 3.48. The summed E-state index contributed by atoms with van der Waals surface area (Å²) in [7, 11) is 4.90. The van der Waals surface area contributed by atoms with Crippen LogP contribution in [0.2, 0.25) is 0 Å². The summed E-state index contributed by atoms with van der Waals surface area (Å²) >= 11 is 0. The van der Waals surface area contributed by atoms with Gasteiger partial charge in [-0.05, 0) is 24.3 Å². The topological polar surface area (TPSA) is 97.8 Å². The second-order valence-electron chi connectivity index (χ2n) is 6.53. The monoisotopic (exact) mass is 392 g/mol. The highest BCUT2D eigenvalue weighted by Crippen LogP contribution is 2.34. The number of imidazole rings is 1. The number of nitrogens with zero attached hydrogens (tertiary/aromatic N) is 5. The largest absolute Gasteiger partial charge is 0.468 e. The van der Waals surface area contributed by atoms with E-state index < -0.39 is 11.8 Å². The highest BCUT2D eigenvalue weighted by Gasteiger charge is 2.21. The number of methoxy groups -OCH3 is 1. The van der Waals surface area contributed by atoms with E-state index in [4.69, 9.17) is 4.74 Å². The molecule has 0 aliphatic rings. The molecule has 0 aliphatic carbocycles. The average Bonchev–Trinajstić information content (AvgIpc) is 3.27. The smallest absolute Gasteiger partial charge is 0.325 e. The minimum absolute atomic E-state index is 0.118. The summed E-state index contributed by atoms with van der Waals surface area (Å²) in [5.74, 6) is -0.456. The number of benzene rings is 1. The lowest BCUT2D eigenvalue weighted by Crippen LogP contribution is -2.13. The van der Waals surface area contributed by atoms with Crippen LogP contribution in [0.3, 0.4) is 0 Å². The zero-order valence-electron chi connectivity index (χ0n) is 16.0. The number of hydrogen-bond donors (Lipinski definition) is 1. The minimum Gasteiger partial charge on any atom is -0.468 e. The van der Waals surface area contributed by atoms with Crippen LogP contribution in [0.4, 0.5) is 10.2 Å². The van der Waals surface area contributed by atoms with Crippen LogP contribution < -0.4 is 5.32 Å². The van der Waals surface area contributed by atoms with Gasteiger partial charge in [0.25, 0.3) is 0 Å². The molecule has 0 radical (unpaired) electrons. The minimum atomic E-state index is -0.538. The molecular formula is C20H17FN6O2. The molecule has 4 rings (SSSR count). The van der Waals surface area contributed by atoms with Gasteiger partial charge in [-0.25, -0.2) is 14.4 Å². The summed E-state index contributed by atoms with van der Waals surface area (Å²) in [6.07, 6.45) is 1.68. The van der Waals surface area contributed by atoms with Crippen LogP contribution in [-0.2, 0) is 23.1 Å². The van der Waals surface area contributed by atoms with Crippen molar-refractivity contribution in [2.45, 2.75) is 6.54 Å². The molecule has 0 spiro atoms. The lowest BCUT2D eigenvalue weighted by atomic mass is 10.1. The molecule has 0 saturated carbocycles. The van der Waals surface area contributed by atoms with Crippen molar-refractivity contribution in [3.05, 3.63) is 42.0 Å². The molecule has 0 saturated heterocycles. The van der Waals surface area contributed by atoms with Crippen molar-refractivity contribution in [3.8, 4) is 17.3 Å². The number of ether oxygens (including phenoxy) is 1. The number of pyridine rings is 1. The van der Waals surface area contributed by atoms with Gasteiger partial charge in [0.05, 0.1) is 36.3 Å². The first kappa shape index (κ1) is 18.4. The van der Waals surface area contributed by atoms with Crippen LogP contribution in [0.25, 0.3) is 33.3 Å². The van der Waals surface area contributed by atoms with E-state index in [0.717, 1.165) is 17.0 Å². The van der Waals surface area contributed by atoms with Gasteiger partial charge in [-0.3, -0.25) is 4.79 Å². The molecule has 8 nitrogen and oxygen atoms in total. The second-order valence-corrected chi connectivity index (χ2v) is 6.53. The molecular weight excluding hydrogens is 375 g/mol. The van der Waals surface area contributed by atoms with Gasteiger partial charge in [-0.1, -0.05) is 0 Å². The van der Waals surface area contributed by atoms with Gasteiger partial charge >= 0.3 is 5.97 Å². The Bertz CT molecular complexity index is 1310. The quantitative estimate of drug-likeness (QED) is 0.537. The van der Waals surface area contributed by atoms with E-state index in [2.05, 4.69) is 15.3 Å². The summed E-state index contributed by atoms with van der Waals surface area (Å²) in [6.45, 7) is -0.118. The van der Waals surface area contributed by atoms with Crippen LogP contribution >= 0.6 is 0 Å². The molecule has 3 heterocycles. The average molecular weight is 392 g/mol. The molecule has 0 aliphatic heterocycles. The fourth-order valence-corrected chi connectivity index (χ4v) is 3.48. The van der Waals surface area contributed by atoms with Crippen molar-refractivity contribution >= 4 is 33.9 Å². The molecule has 1 N–H and O–H groups in total. The molecule has 3 aromatic heterocycles. The number of aromatic nitrogens is 4. The van der Waals surface area contributed by atoms with Crippen LogP contribution in [-0.4, -0.2) is 39.2 Å². The number of esters is 1. The number of halogens is 1. The third-order valence-electron chi connectivity index (χ3n) is 4.78. The number of nitriles is 1. The Kier molecular flexibility index (Phi) is 4.39. The van der Waals surface area contributed by atoms with Crippen molar-refractivity contribution in [1.29, 1.82) is 5.26 Å². The van der Waals surface area contributed by atoms with Crippen LogP contribution in [0.15, 0.2) is 30.6 Å². The fraction of sp³-hybridized carbons (Fsp3) is 0.200. The van der Waals surface area contributed by atoms with Gasteiger partial charge < -0.3 is 19.2 Å². The van der Waals surface area contributed by atoms with E-state index in [1.165, 1.54) is 13.2 Å². The van der Waals surface area contributed by atoms with Gasteiger partial charge in [-0.15, -0.1) is 0 Å². The second kappa shape index (κ2) is 6.91. The number of aryl methyl sites for hydroxylation is 1. The Morgan fingerprint density at radius 3 is 2.83 bits per heavy atom. The van der Waals surface area contributed by atoms with Crippen molar-refractivity contribution in [2.75, 3.05) is 19.5 Å². The van der Waals surface area contributed by atoms with Gasteiger partial charge in [0, 0.05) is 25.0 Å². The molecule has 0 amide bonds. The van der Waals surface area contributed by atoms with E-state index >= 15 is 0 Å². The highest BCUT2D eigenvalue weighted by atomic mass is 19.1. The van der Waals surface area contributed by atoms with Gasteiger partial charge in [0.15, 0.2) is 5.82 Å². The predicted octanol–water partition coefficient (Wildman–Crippen LogP) is 2.82. The molecule has 9 heteroatoms. The first-order valence-corrected chi connectivity index (χ1v) is 8.76. The molecule has 1 aromatic carbocycles. The highest BCUT2D eigenvalue weighted by molar-refractivity contribution is 6.08. The maximum atomic E-state index is 14.1. The molecule has 0 unspecified atom stereocenters. The molecule has 0 atom stereocenters. The number of fused-ring (bicyclic) bond motifs is 3. The number of carbonyl (C=O) groups excluding carboxylic acids is 1. The predicted molar refractivity (Wildman–Crippen MR) is 106 cm³/mol. The Morgan fingerprint density at radius 2 is 2.14 bits per heavy atom. The zero-order chi connectivity index (χ0) is 20.7. The molecule has 0 fully saturated rings. The standard InChI is InChI=1S/C20H17FN6O2/c1-23-19-17-18(26(2)10-24-17)14-7-15(12-4-11(8-22)5-13(21)6-12)27(20(14)25-19)9-16(28)29-3/h4-7,10H,9H2,1-3H3,(H,23,25). The normalized spacial score (nSPS) is 11.0. The lowest BCUT2D eigenvalue weighted by Gasteiger charge is -2.10. The van der Waals surface area contributed by atoms with Crippen molar-refractivity contribution in [2.24, 2.45) is 7.05 Å². The number of nitrogens with one attached hydrogen (secondary N) is 1. The van der Waals surface area contributed by atoms with Crippen molar-refractivity contribution in [1.82, 2.24) is 19.1 Å². The lowest BCUT2D eigenvalue weighted by molar-refractivity contribution is -0.141. The van der Waals surface area contributed by atoms with Crippen LogP contribution in [0, 0.1) is 17.1 Å². The number of anilines is 1. The third-order valence-corrected chi connectivity index (χ3v) is 4.78. The summed E-state index contributed by atoms with van der Waals surface area (Å²) in [5, 5.41) is 13.0. The summed E-state index contributed by atoms with van der Waals surface area (Å²) in [4.78, 5) is 21.1. The molecule has 0 bridgehead atoms. The SMILES string of the molecule is CNc1nc2c(cc(-c3cc(F)cc(C#N)c3)n2CC(=O)OC)c2c1ncn2C. The first-order chi connectivity index (χ1) is 14.0. The van der Waals surface area contributed by atoms with E-state index in [-0.39, 0.29) is 12.1 Å². The number of hydrogen-bond acceptors (Lipinski definition) is 6. The van der Waals surface area contributed by atoms with E-state index in [1.807, 2.05) is 23.8 Å². The maximum Gasteiger partial charge on any atom is 0.325 e. The number of carbonyl (C=O) groups is 1. The number of rotatable bonds is 4. The van der Waals surface area contributed by atoms with E-state index in [1.54, 1.807) is 24.0 Å². The third kappa shape index (κ3) is 2.95. The molecule has 146 valence electrons. The van der Waals surface area contributed by atoms with Crippen LogP contribution in [0.1, 0.15) is 5.56 Å². The van der Waals surface area contributed by atoms with Crippen LogP contribution in [0.5, 0.6) is 0 Å². The van der Waals surface area contributed by atoms with E-state index in [0.29, 0.717) is 28.2 Å². The molecule has 4 aromatic rings. The first-order valence-electron chi connectivity index (χ1n) is 8.76. The van der Waals surface area contributed by atoms with Gasteiger partial charge in [0.2, 0.25) is 0 Å². The Balaban J connectivity index is 2.11. The summed E-state index contributed by atoms with van der Waals surface area (Å²) in [5.41, 5.74) is 3.22. The zero-order valence-corrected chi connectivity index (χ0v) is 16.0. The summed E-state index contributed by atoms with van der Waals surface area (Å²) in [6, 6.07) is 7.84. The Labute approximate surface area is 165 Å². The summed E-state index contributed by atoms with van der Waals surface area (Å²) < 4.78 is 22.5. The molecule has 29 heavy (non-hydrogen) atoms. The Morgan fingerprint density at radius 1 is 1.34 bits per heavy atom. The van der Waals surface area contributed by atoms with Crippen molar-refractivity contribution < 1.29 is 13.9 Å². The van der Waals surface area contributed by atoms with E-state index in [9.17, 15) is 14.4 Å². The maximum absolute atomic E-state index is 14.1. The van der Waals surface area contributed by atoms with Crippen molar-refractivity contribution in [3.63, 3.8) is 0 Å². The van der Waals surface area contributed by atoms with Gasteiger partial charge in [0.1, 0.15) is 23.5 Å². The van der Waals surface area contributed by atoms with Gasteiger partial charge in [-0.2, -0.15) is 5.26 Å². The Hall–Kier alpha value is -3.93.